The molecule has 3 aromatic rings. The highest BCUT2D eigenvalue weighted by Crippen LogP contribution is 2.37. The largest absolute Gasteiger partial charge is 0.477 e. The zero-order valence-electron chi connectivity index (χ0n) is 13.2. The fourth-order valence-corrected chi connectivity index (χ4v) is 3.07. The standard InChI is InChI=1S/C16H14Cl2N4O2/c1-8-12(9-5-4-6-11(17)13(9)18)14-19-7-10(16(23)24)15(21(2)3)22(14)20-8/h4-7H,1-3H3,(H,23,24). The lowest BCUT2D eigenvalue weighted by Crippen LogP contribution is -2.19. The van der Waals surface area contributed by atoms with E-state index in [0.717, 1.165) is 5.56 Å². The van der Waals surface area contributed by atoms with E-state index in [2.05, 4.69) is 10.1 Å². The van der Waals surface area contributed by atoms with E-state index in [0.29, 0.717) is 32.8 Å². The Balaban J connectivity index is 2.40. The maximum atomic E-state index is 11.5. The summed E-state index contributed by atoms with van der Waals surface area (Å²) in [5.41, 5.74) is 2.70. The Morgan fingerprint density at radius 2 is 2.00 bits per heavy atom. The SMILES string of the molecule is Cc1nn2c(N(C)C)c(C(=O)O)cnc2c1-c1cccc(Cl)c1Cl. The first kappa shape index (κ1) is 16.5. The van der Waals surface area contributed by atoms with Gasteiger partial charge in [-0.2, -0.15) is 9.61 Å². The van der Waals surface area contributed by atoms with E-state index in [-0.39, 0.29) is 5.56 Å². The minimum Gasteiger partial charge on any atom is -0.477 e. The van der Waals surface area contributed by atoms with E-state index in [1.165, 1.54) is 10.7 Å². The number of carboxylic acids is 1. The molecule has 0 amide bonds. The van der Waals surface area contributed by atoms with Crippen LogP contribution in [0.25, 0.3) is 16.8 Å². The molecule has 2 heterocycles. The van der Waals surface area contributed by atoms with Gasteiger partial charge >= 0.3 is 5.97 Å². The Morgan fingerprint density at radius 1 is 1.29 bits per heavy atom. The molecular formula is C16H14Cl2N4O2. The number of benzene rings is 1. The van der Waals surface area contributed by atoms with Crippen LogP contribution in [0.3, 0.4) is 0 Å². The zero-order valence-corrected chi connectivity index (χ0v) is 14.7. The molecule has 124 valence electrons. The third kappa shape index (κ3) is 2.48. The molecule has 0 aliphatic rings. The molecule has 0 spiro atoms. The number of fused-ring (bicyclic) bond motifs is 1. The van der Waals surface area contributed by atoms with Gasteiger partial charge in [0, 0.05) is 25.9 Å². The van der Waals surface area contributed by atoms with Gasteiger partial charge in [-0.15, -0.1) is 0 Å². The number of nitrogens with zero attached hydrogens (tertiary/aromatic N) is 4. The van der Waals surface area contributed by atoms with Crippen molar-refractivity contribution in [2.24, 2.45) is 0 Å². The average molecular weight is 365 g/mol. The minimum atomic E-state index is -1.07. The van der Waals surface area contributed by atoms with Crippen LogP contribution in [0, 0.1) is 6.92 Å². The van der Waals surface area contributed by atoms with Gasteiger partial charge in [0.2, 0.25) is 0 Å². The molecule has 3 rings (SSSR count). The molecule has 0 atom stereocenters. The Morgan fingerprint density at radius 3 is 2.62 bits per heavy atom. The molecule has 24 heavy (non-hydrogen) atoms. The van der Waals surface area contributed by atoms with Gasteiger partial charge in [-0.3, -0.25) is 0 Å². The van der Waals surface area contributed by atoms with E-state index >= 15 is 0 Å². The molecule has 0 saturated heterocycles. The van der Waals surface area contributed by atoms with Crippen molar-refractivity contribution in [3.8, 4) is 11.1 Å². The molecule has 8 heteroatoms. The quantitative estimate of drug-likeness (QED) is 0.765. The minimum absolute atomic E-state index is 0.0683. The summed E-state index contributed by atoms with van der Waals surface area (Å²) in [6.07, 6.45) is 1.33. The van der Waals surface area contributed by atoms with Crippen LogP contribution in [-0.4, -0.2) is 39.8 Å². The third-order valence-electron chi connectivity index (χ3n) is 3.67. The van der Waals surface area contributed by atoms with Crippen LogP contribution < -0.4 is 4.90 Å². The van der Waals surface area contributed by atoms with Crippen molar-refractivity contribution in [3.05, 3.63) is 45.7 Å². The van der Waals surface area contributed by atoms with Crippen molar-refractivity contribution in [3.63, 3.8) is 0 Å². The van der Waals surface area contributed by atoms with Gasteiger partial charge in [-0.05, 0) is 13.0 Å². The van der Waals surface area contributed by atoms with Gasteiger partial charge in [-0.1, -0.05) is 35.3 Å². The van der Waals surface area contributed by atoms with E-state index in [9.17, 15) is 9.90 Å². The van der Waals surface area contributed by atoms with Crippen LogP contribution in [0.5, 0.6) is 0 Å². The van der Waals surface area contributed by atoms with Crippen LogP contribution in [0.15, 0.2) is 24.4 Å². The molecule has 0 fully saturated rings. The molecule has 0 bridgehead atoms. The van der Waals surface area contributed by atoms with Crippen LogP contribution in [0.4, 0.5) is 5.82 Å². The van der Waals surface area contributed by atoms with Gasteiger partial charge in [0.25, 0.3) is 0 Å². The zero-order chi connectivity index (χ0) is 17.6. The van der Waals surface area contributed by atoms with Crippen LogP contribution >= 0.6 is 23.2 Å². The summed E-state index contributed by atoms with van der Waals surface area (Å²) >= 11 is 12.5. The maximum Gasteiger partial charge on any atom is 0.341 e. The normalized spacial score (nSPS) is 11.0. The number of carboxylic acid groups (broad SMARTS) is 1. The molecule has 2 aromatic heterocycles. The van der Waals surface area contributed by atoms with Gasteiger partial charge in [0.1, 0.15) is 11.4 Å². The first-order valence-corrected chi connectivity index (χ1v) is 7.81. The van der Waals surface area contributed by atoms with Crippen molar-refractivity contribution in [1.29, 1.82) is 0 Å². The summed E-state index contributed by atoms with van der Waals surface area (Å²) < 4.78 is 1.52. The summed E-state index contributed by atoms with van der Waals surface area (Å²) in [5, 5.41) is 14.7. The lowest BCUT2D eigenvalue weighted by atomic mass is 10.1. The Labute approximate surface area is 148 Å². The number of hydrogen-bond acceptors (Lipinski definition) is 4. The summed E-state index contributed by atoms with van der Waals surface area (Å²) in [6.45, 7) is 1.82. The van der Waals surface area contributed by atoms with Gasteiger partial charge in [0.15, 0.2) is 5.65 Å². The summed E-state index contributed by atoms with van der Waals surface area (Å²) in [6, 6.07) is 5.33. The summed E-state index contributed by atoms with van der Waals surface area (Å²) in [4.78, 5) is 17.5. The number of rotatable bonds is 3. The maximum absolute atomic E-state index is 11.5. The van der Waals surface area contributed by atoms with Crippen LogP contribution in [-0.2, 0) is 0 Å². The van der Waals surface area contributed by atoms with E-state index in [4.69, 9.17) is 23.2 Å². The summed E-state index contributed by atoms with van der Waals surface area (Å²) in [7, 11) is 3.51. The van der Waals surface area contributed by atoms with Crippen molar-refractivity contribution in [1.82, 2.24) is 14.6 Å². The highest BCUT2D eigenvalue weighted by atomic mass is 35.5. The molecule has 1 aromatic carbocycles. The highest BCUT2D eigenvalue weighted by Gasteiger charge is 2.23. The van der Waals surface area contributed by atoms with Gasteiger partial charge < -0.3 is 10.0 Å². The predicted molar refractivity (Wildman–Crippen MR) is 94.5 cm³/mol. The van der Waals surface area contributed by atoms with E-state index in [1.807, 2.05) is 13.0 Å². The number of aryl methyl sites for hydroxylation is 1. The third-order valence-corrected chi connectivity index (χ3v) is 4.49. The first-order valence-electron chi connectivity index (χ1n) is 7.06. The number of aromatic carboxylic acids is 1. The monoisotopic (exact) mass is 364 g/mol. The number of hydrogen-bond donors (Lipinski definition) is 1. The van der Waals surface area contributed by atoms with Crippen LogP contribution in [0.2, 0.25) is 10.0 Å². The van der Waals surface area contributed by atoms with E-state index < -0.39 is 5.97 Å². The summed E-state index contributed by atoms with van der Waals surface area (Å²) in [5.74, 6) is -0.636. The molecule has 6 nitrogen and oxygen atoms in total. The second-order valence-electron chi connectivity index (χ2n) is 5.49. The topological polar surface area (TPSA) is 70.7 Å². The Kier molecular flexibility index (Phi) is 4.11. The van der Waals surface area contributed by atoms with Crippen molar-refractivity contribution >= 4 is 40.6 Å². The molecule has 0 saturated carbocycles. The van der Waals surface area contributed by atoms with Crippen molar-refractivity contribution in [2.75, 3.05) is 19.0 Å². The Bertz CT molecular complexity index is 966. The number of anilines is 1. The smallest absolute Gasteiger partial charge is 0.341 e. The Hall–Kier alpha value is -2.31. The fourth-order valence-electron chi connectivity index (χ4n) is 2.67. The lowest BCUT2D eigenvalue weighted by Gasteiger charge is -2.16. The van der Waals surface area contributed by atoms with Gasteiger partial charge in [0.05, 0.1) is 21.3 Å². The molecule has 0 aliphatic carbocycles. The number of carbonyl (C=O) groups is 1. The first-order chi connectivity index (χ1) is 11.3. The predicted octanol–water partition coefficient (Wildman–Crippen LogP) is 3.78. The lowest BCUT2D eigenvalue weighted by molar-refractivity contribution is 0.0696. The number of halogens is 2. The fraction of sp³-hybridized carbons (Fsp3) is 0.188. The van der Waals surface area contributed by atoms with Gasteiger partial charge in [-0.25, -0.2) is 9.78 Å². The number of aromatic nitrogens is 3. The molecule has 0 aliphatic heterocycles. The average Bonchev–Trinajstić information content (AvgIpc) is 2.84. The van der Waals surface area contributed by atoms with Crippen molar-refractivity contribution < 1.29 is 9.90 Å². The molecule has 0 unspecified atom stereocenters. The second-order valence-corrected chi connectivity index (χ2v) is 6.28. The molecule has 0 radical (unpaired) electrons. The molecule has 1 N–H and O–H groups in total. The van der Waals surface area contributed by atoms with Crippen molar-refractivity contribution in [2.45, 2.75) is 6.92 Å². The molecular weight excluding hydrogens is 351 g/mol. The highest BCUT2D eigenvalue weighted by molar-refractivity contribution is 6.43. The van der Waals surface area contributed by atoms with Crippen LogP contribution in [0.1, 0.15) is 16.1 Å². The van der Waals surface area contributed by atoms with E-state index in [1.54, 1.807) is 31.1 Å². The second kappa shape index (κ2) is 5.96.